The monoisotopic (exact) mass is 154 g/mol. The summed E-state index contributed by atoms with van der Waals surface area (Å²) in [5, 5.41) is 8.13. The summed E-state index contributed by atoms with van der Waals surface area (Å²) < 4.78 is 0. The number of allylic oxidation sites excluding steroid dienone is 1. The lowest BCUT2D eigenvalue weighted by Gasteiger charge is -1.83. The Kier molecular flexibility index (Phi) is 3.65. The first kappa shape index (κ1) is 7.79. The van der Waals surface area contributed by atoms with Crippen LogP contribution in [-0.2, 0) is 4.79 Å². The third-order valence-electron chi connectivity index (χ3n) is 0.408. The minimum atomic E-state index is -1.07. The Hall–Kier alpha value is -0.210. The SMILES string of the molecule is O=C(O)/C=C(\Cl)CCl. The maximum atomic E-state index is 9.75. The zero-order chi connectivity index (χ0) is 6.57. The number of carbonyl (C=O) groups is 1. The highest BCUT2D eigenvalue weighted by Gasteiger charge is 1.91. The van der Waals surface area contributed by atoms with Crippen LogP contribution in [0, 0.1) is 0 Å². The van der Waals surface area contributed by atoms with Gasteiger partial charge in [-0.05, 0) is 0 Å². The molecule has 0 aromatic carbocycles. The van der Waals surface area contributed by atoms with Gasteiger partial charge in [0.05, 0.1) is 5.88 Å². The van der Waals surface area contributed by atoms with Crippen molar-refractivity contribution in [1.29, 1.82) is 0 Å². The second-order valence-electron chi connectivity index (χ2n) is 1.06. The summed E-state index contributed by atoms with van der Waals surface area (Å²) in [6, 6.07) is 0. The third kappa shape index (κ3) is 3.96. The molecule has 0 aliphatic heterocycles. The van der Waals surface area contributed by atoms with Gasteiger partial charge in [0.15, 0.2) is 0 Å². The molecule has 2 nitrogen and oxygen atoms in total. The molecule has 0 aromatic heterocycles. The minimum absolute atomic E-state index is 0.0495. The number of hydrogen-bond donors (Lipinski definition) is 1. The van der Waals surface area contributed by atoms with Crippen molar-refractivity contribution in [2.24, 2.45) is 0 Å². The molecule has 0 spiro atoms. The molecule has 0 unspecified atom stereocenters. The standard InChI is InChI=1S/C4H4Cl2O2/c5-2-3(6)1-4(7)8/h1H,2H2,(H,7,8)/b3-1-. The first-order valence-corrected chi connectivity index (χ1v) is 2.73. The number of hydrogen-bond acceptors (Lipinski definition) is 1. The van der Waals surface area contributed by atoms with Crippen molar-refractivity contribution < 1.29 is 9.90 Å². The molecule has 4 heteroatoms. The molecule has 0 aliphatic carbocycles. The van der Waals surface area contributed by atoms with Crippen LogP contribution in [0.15, 0.2) is 11.1 Å². The molecule has 0 aliphatic rings. The van der Waals surface area contributed by atoms with Gasteiger partial charge in [-0.2, -0.15) is 0 Å². The van der Waals surface area contributed by atoms with E-state index in [4.69, 9.17) is 28.3 Å². The van der Waals surface area contributed by atoms with E-state index in [1.54, 1.807) is 0 Å². The smallest absolute Gasteiger partial charge is 0.329 e. The van der Waals surface area contributed by atoms with E-state index in [1.807, 2.05) is 0 Å². The van der Waals surface area contributed by atoms with E-state index in [1.165, 1.54) is 0 Å². The maximum Gasteiger partial charge on any atom is 0.329 e. The lowest BCUT2D eigenvalue weighted by atomic mass is 10.5. The van der Waals surface area contributed by atoms with Crippen molar-refractivity contribution in [3.8, 4) is 0 Å². The van der Waals surface area contributed by atoms with E-state index in [2.05, 4.69) is 0 Å². The van der Waals surface area contributed by atoms with Crippen LogP contribution in [0.4, 0.5) is 0 Å². The summed E-state index contributed by atoms with van der Waals surface area (Å²) in [6.45, 7) is 0. The lowest BCUT2D eigenvalue weighted by molar-refractivity contribution is -0.131. The predicted molar refractivity (Wildman–Crippen MR) is 32.3 cm³/mol. The van der Waals surface area contributed by atoms with Crippen LogP contribution in [0.5, 0.6) is 0 Å². The topological polar surface area (TPSA) is 37.3 Å². The number of alkyl halides is 1. The normalized spacial score (nSPS) is 11.5. The molecule has 0 bridgehead atoms. The van der Waals surface area contributed by atoms with Gasteiger partial charge in [0, 0.05) is 11.1 Å². The summed E-state index contributed by atoms with van der Waals surface area (Å²) >= 11 is 10.3. The highest BCUT2D eigenvalue weighted by Crippen LogP contribution is 2.01. The Bertz CT molecular complexity index is 119. The van der Waals surface area contributed by atoms with Gasteiger partial charge in [-0.3, -0.25) is 0 Å². The van der Waals surface area contributed by atoms with Gasteiger partial charge in [-0.25, -0.2) is 4.79 Å². The Labute approximate surface area is 56.7 Å². The summed E-state index contributed by atoms with van der Waals surface area (Å²) in [5.74, 6) is -1.02. The largest absolute Gasteiger partial charge is 0.478 e. The summed E-state index contributed by atoms with van der Waals surface area (Å²) in [5.41, 5.74) is 0. The Morgan fingerprint density at radius 3 is 2.38 bits per heavy atom. The van der Waals surface area contributed by atoms with Crippen molar-refractivity contribution >= 4 is 29.2 Å². The zero-order valence-corrected chi connectivity index (χ0v) is 5.41. The van der Waals surface area contributed by atoms with Gasteiger partial charge in [0.25, 0.3) is 0 Å². The summed E-state index contributed by atoms with van der Waals surface area (Å²) in [7, 11) is 0. The fourth-order valence-electron chi connectivity index (χ4n) is 0.173. The first-order chi connectivity index (χ1) is 3.66. The van der Waals surface area contributed by atoms with Crippen molar-refractivity contribution in [2.75, 3.05) is 5.88 Å². The second-order valence-corrected chi connectivity index (χ2v) is 1.82. The van der Waals surface area contributed by atoms with Crippen LogP contribution in [-0.4, -0.2) is 17.0 Å². The molecule has 0 saturated heterocycles. The van der Waals surface area contributed by atoms with E-state index in [9.17, 15) is 4.79 Å². The first-order valence-electron chi connectivity index (χ1n) is 1.81. The van der Waals surface area contributed by atoms with E-state index in [-0.39, 0.29) is 10.9 Å². The molecule has 8 heavy (non-hydrogen) atoms. The van der Waals surface area contributed by atoms with Crippen LogP contribution in [0.25, 0.3) is 0 Å². The van der Waals surface area contributed by atoms with Crippen molar-refractivity contribution in [3.63, 3.8) is 0 Å². The van der Waals surface area contributed by atoms with Crippen molar-refractivity contribution in [2.45, 2.75) is 0 Å². The fourth-order valence-corrected chi connectivity index (χ4v) is 0.343. The van der Waals surface area contributed by atoms with Crippen LogP contribution in [0.2, 0.25) is 0 Å². The molecule has 0 fully saturated rings. The Balaban J connectivity index is 3.75. The van der Waals surface area contributed by atoms with Crippen LogP contribution < -0.4 is 0 Å². The molecule has 0 aromatic rings. The molecule has 0 radical (unpaired) electrons. The molecular weight excluding hydrogens is 151 g/mol. The van der Waals surface area contributed by atoms with Crippen LogP contribution in [0.3, 0.4) is 0 Å². The van der Waals surface area contributed by atoms with Gasteiger partial charge in [-0.1, -0.05) is 11.6 Å². The minimum Gasteiger partial charge on any atom is -0.478 e. The molecule has 0 rings (SSSR count). The summed E-state index contributed by atoms with van der Waals surface area (Å²) in [4.78, 5) is 9.75. The van der Waals surface area contributed by atoms with Crippen molar-refractivity contribution in [3.05, 3.63) is 11.1 Å². The van der Waals surface area contributed by atoms with Gasteiger partial charge in [-0.15, -0.1) is 11.6 Å². The van der Waals surface area contributed by atoms with Crippen LogP contribution in [0.1, 0.15) is 0 Å². The molecule has 46 valence electrons. The Morgan fingerprint density at radius 2 is 2.25 bits per heavy atom. The highest BCUT2D eigenvalue weighted by molar-refractivity contribution is 6.36. The molecule has 0 amide bonds. The molecular formula is C4H4Cl2O2. The number of rotatable bonds is 2. The van der Waals surface area contributed by atoms with Gasteiger partial charge in [0.2, 0.25) is 0 Å². The van der Waals surface area contributed by atoms with E-state index in [0.29, 0.717) is 0 Å². The Morgan fingerprint density at radius 1 is 1.75 bits per heavy atom. The molecule has 1 N–H and O–H groups in total. The van der Waals surface area contributed by atoms with Gasteiger partial charge >= 0.3 is 5.97 Å². The van der Waals surface area contributed by atoms with Gasteiger partial charge in [0.1, 0.15) is 0 Å². The van der Waals surface area contributed by atoms with E-state index < -0.39 is 5.97 Å². The van der Waals surface area contributed by atoms with Crippen LogP contribution >= 0.6 is 23.2 Å². The van der Waals surface area contributed by atoms with E-state index in [0.717, 1.165) is 6.08 Å². The number of halogens is 2. The fraction of sp³-hybridized carbons (Fsp3) is 0.250. The molecule has 0 heterocycles. The zero-order valence-electron chi connectivity index (χ0n) is 3.90. The highest BCUT2D eigenvalue weighted by atomic mass is 35.5. The average molecular weight is 155 g/mol. The molecule has 0 saturated carbocycles. The second kappa shape index (κ2) is 3.75. The lowest BCUT2D eigenvalue weighted by Crippen LogP contribution is -1.88. The van der Waals surface area contributed by atoms with Gasteiger partial charge < -0.3 is 5.11 Å². The third-order valence-corrected chi connectivity index (χ3v) is 1.08. The summed E-state index contributed by atoms with van der Waals surface area (Å²) in [6.07, 6.45) is 0.856. The van der Waals surface area contributed by atoms with Crippen molar-refractivity contribution in [1.82, 2.24) is 0 Å². The quantitative estimate of drug-likeness (QED) is 0.483. The number of carboxylic acid groups (broad SMARTS) is 1. The number of carboxylic acids is 1. The van der Waals surface area contributed by atoms with E-state index >= 15 is 0 Å². The predicted octanol–water partition coefficient (Wildman–Crippen LogP) is 1.43. The maximum absolute atomic E-state index is 9.75. The average Bonchev–Trinajstić information content (AvgIpc) is 1.65. The number of aliphatic carboxylic acids is 1. The molecule has 0 atom stereocenters.